The van der Waals surface area contributed by atoms with Gasteiger partial charge in [-0.05, 0) is 49.9 Å². The van der Waals surface area contributed by atoms with Crippen LogP contribution in [-0.4, -0.2) is 66.1 Å². The molecule has 2 heterocycles. The number of nitrogens with one attached hydrogen (secondary N) is 1. The molecule has 2 aliphatic rings. The van der Waals surface area contributed by atoms with Crippen molar-refractivity contribution in [2.24, 2.45) is 0 Å². The number of aryl methyl sites for hydroxylation is 2. The summed E-state index contributed by atoms with van der Waals surface area (Å²) in [6, 6.07) is 14.2. The van der Waals surface area contributed by atoms with E-state index in [9.17, 15) is 9.59 Å². The molecule has 2 aromatic rings. The number of hydrogen-bond acceptors (Lipinski definition) is 3. The van der Waals surface area contributed by atoms with Gasteiger partial charge in [-0.3, -0.25) is 0 Å². The van der Waals surface area contributed by atoms with E-state index in [4.69, 9.17) is 4.74 Å². The summed E-state index contributed by atoms with van der Waals surface area (Å²) in [4.78, 5) is 31.5. The number of benzene rings is 2. The second kappa shape index (κ2) is 9.51. The molecule has 0 unspecified atom stereocenters. The van der Waals surface area contributed by atoms with Crippen molar-refractivity contribution >= 4 is 17.7 Å². The van der Waals surface area contributed by atoms with Gasteiger partial charge < -0.3 is 24.8 Å². The highest BCUT2D eigenvalue weighted by Gasteiger charge is 2.36. The summed E-state index contributed by atoms with van der Waals surface area (Å²) in [6.07, 6.45) is 1.59. The fourth-order valence-electron chi connectivity index (χ4n) is 4.61. The van der Waals surface area contributed by atoms with E-state index in [0.717, 1.165) is 31.5 Å². The number of ether oxygens (including phenoxy) is 1. The number of carbonyl (C=O) groups is 2. The van der Waals surface area contributed by atoms with Gasteiger partial charge in [-0.1, -0.05) is 35.9 Å². The highest BCUT2D eigenvalue weighted by molar-refractivity contribution is 5.91. The first-order chi connectivity index (χ1) is 15.4. The molecule has 0 radical (unpaired) electrons. The predicted octanol–water partition coefficient (Wildman–Crippen LogP) is 4.25. The predicted molar refractivity (Wildman–Crippen MR) is 125 cm³/mol. The van der Waals surface area contributed by atoms with E-state index in [-0.39, 0.29) is 18.1 Å². The van der Waals surface area contributed by atoms with E-state index in [1.54, 1.807) is 7.11 Å². The van der Waals surface area contributed by atoms with Crippen molar-refractivity contribution in [3.8, 4) is 5.75 Å². The van der Waals surface area contributed by atoms with Crippen LogP contribution in [0, 0.1) is 13.8 Å². The van der Waals surface area contributed by atoms with Gasteiger partial charge in [-0.25, -0.2) is 9.59 Å². The van der Waals surface area contributed by atoms with Gasteiger partial charge in [0.15, 0.2) is 0 Å². The number of rotatable bonds is 5. The van der Waals surface area contributed by atoms with E-state index < -0.39 is 0 Å². The third-order valence-electron chi connectivity index (χ3n) is 6.37. The van der Waals surface area contributed by atoms with Gasteiger partial charge >= 0.3 is 12.1 Å². The highest BCUT2D eigenvalue weighted by Crippen LogP contribution is 2.27. The smallest absolute Gasteiger partial charge is 0.321 e. The molecular weight excluding hydrogens is 404 g/mol. The van der Waals surface area contributed by atoms with Gasteiger partial charge in [0.2, 0.25) is 0 Å². The van der Waals surface area contributed by atoms with Crippen LogP contribution in [0.25, 0.3) is 0 Å². The van der Waals surface area contributed by atoms with Crippen molar-refractivity contribution in [1.29, 1.82) is 0 Å². The standard InChI is InChI=1S/C25H32N4O3/c1-18-5-4-6-20(15-18)17-28-13-14-29(25(28)31)21-9-11-27(12-10-21)24(30)26-22-16-19(2)7-8-23(22)32-3/h4-8,15-16,21H,9-14,17H2,1-3H3,(H,26,30). The number of methoxy groups -OCH3 is 1. The molecule has 2 aromatic carbocycles. The van der Waals surface area contributed by atoms with Gasteiger partial charge in [0, 0.05) is 38.8 Å². The monoisotopic (exact) mass is 436 g/mol. The van der Waals surface area contributed by atoms with E-state index in [0.29, 0.717) is 31.1 Å². The summed E-state index contributed by atoms with van der Waals surface area (Å²) in [5, 5.41) is 2.98. The van der Waals surface area contributed by atoms with Crippen LogP contribution in [0.15, 0.2) is 42.5 Å². The zero-order valence-electron chi connectivity index (χ0n) is 19.1. The van der Waals surface area contributed by atoms with Crippen LogP contribution in [0.2, 0.25) is 0 Å². The normalized spacial score (nSPS) is 17.1. The largest absolute Gasteiger partial charge is 0.495 e. The number of anilines is 1. The number of urea groups is 2. The summed E-state index contributed by atoms with van der Waals surface area (Å²) >= 11 is 0. The molecule has 0 saturated carbocycles. The first-order valence-corrected chi connectivity index (χ1v) is 11.3. The number of carbonyl (C=O) groups excluding carboxylic acids is 2. The Bertz CT molecular complexity index is 985. The average Bonchev–Trinajstić information content (AvgIpc) is 3.14. The maximum atomic E-state index is 13.0. The van der Waals surface area contributed by atoms with E-state index in [2.05, 4.69) is 30.4 Å². The molecule has 2 fully saturated rings. The molecule has 170 valence electrons. The Morgan fingerprint density at radius 3 is 2.50 bits per heavy atom. The van der Waals surface area contributed by atoms with Crippen molar-refractivity contribution in [3.63, 3.8) is 0 Å². The summed E-state index contributed by atoms with van der Waals surface area (Å²) in [5.41, 5.74) is 4.11. The lowest BCUT2D eigenvalue weighted by molar-refractivity contribution is 0.139. The molecule has 2 saturated heterocycles. The van der Waals surface area contributed by atoms with Gasteiger partial charge in [0.1, 0.15) is 5.75 Å². The van der Waals surface area contributed by atoms with Crippen LogP contribution in [0.1, 0.15) is 29.5 Å². The molecule has 0 spiro atoms. The Balaban J connectivity index is 1.30. The Labute approximate surface area is 189 Å². The van der Waals surface area contributed by atoms with E-state index >= 15 is 0 Å². The van der Waals surface area contributed by atoms with Gasteiger partial charge in [-0.15, -0.1) is 0 Å². The van der Waals surface area contributed by atoms with Crippen molar-refractivity contribution in [2.75, 3.05) is 38.6 Å². The van der Waals surface area contributed by atoms with Crippen molar-refractivity contribution < 1.29 is 14.3 Å². The molecule has 32 heavy (non-hydrogen) atoms. The molecular formula is C25H32N4O3. The van der Waals surface area contributed by atoms with Crippen LogP contribution in [0.3, 0.4) is 0 Å². The molecule has 0 aliphatic carbocycles. The Kier molecular flexibility index (Phi) is 6.53. The summed E-state index contributed by atoms with van der Waals surface area (Å²) in [6.45, 7) is 7.47. The quantitative estimate of drug-likeness (QED) is 0.762. The van der Waals surface area contributed by atoms with Crippen LogP contribution < -0.4 is 10.1 Å². The van der Waals surface area contributed by atoms with Gasteiger partial charge in [-0.2, -0.15) is 0 Å². The SMILES string of the molecule is COc1ccc(C)cc1NC(=O)N1CCC(N2CCN(Cc3cccc(C)c3)C2=O)CC1. The zero-order chi connectivity index (χ0) is 22.7. The minimum atomic E-state index is -0.124. The average molecular weight is 437 g/mol. The van der Waals surface area contributed by atoms with Crippen LogP contribution in [0.5, 0.6) is 5.75 Å². The third-order valence-corrected chi connectivity index (χ3v) is 6.37. The minimum absolute atomic E-state index is 0.110. The van der Waals surface area contributed by atoms with Gasteiger partial charge in [0.25, 0.3) is 0 Å². The topological polar surface area (TPSA) is 65.1 Å². The fourth-order valence-corrected chi connectivity index (χ4v) is 4.61. The molecule has 1 N–H and O–H groups in total. The Morgan fingerprint density at radius 2 is 1.78 bits per heavy atom. The van der Waals surface area contributed by atoms with Crippen molar-refractivity contribution in [2.45, 2.75) is 39.3 Å². The Hall–Kier alpha value is -3.22. The maximum absolute atomic E-state index is 13.0. The molecule has 7 heteroatoms. The van der Waals surface area contributed by atoms with Crippen molar-refractivity contribution in [1.82, 2.24) is 14.7 Å². The number of hydrogen-bond donors (Lipinski definition) is 1. The Morgan fingerprint density at radius 1 is 1.03 bits per heavy atom. The lowest BCUT2D eigenvalue weighted by Crippen LogP contribution is -2.49. The highest BCUT2D eigenvalue weighted by atomic mass is 16.5. The number of nitrogens with zero attached hydrogens (tertiary/aromatic N) is 3. The maximum Gasteiger partial charge on any atom is 0.321 e. The first-order valence-electron chi connectivity index (χ1n) is 11.3. The first kappa shape index (κ1) is 22.0. The van der Waals surface area contributed by atoms with Gasteiger partial charge in [0.05, 0.1) is 12.8 Å². The summed E-state index contributed by atoms with van der Waals surface area (Å²) < 4.78 is 5.36. The minimum Gasteiger partial charge on any atom is -0.495 e. The molecule has 7 nitrogen and oxygen atoms in total. The van der Waals surface area contributed by atoms with Crippen LogP contribution in [-0.2, 0) is 6.54 Å². The van der Waals surface area contributed by atoms with Crippen molar-refractivity contribution in [3.05, 3.63) is 59.2 Å². The van der Waals surface area contributed by atoms with E-state index in [1.807, 2.05) is 45.9 Å². The fraction of sp³-hybridized carbons (Fsp3) is 0.440. The second-order valence-corrected chi connectivity index (χ2v) is 8.74. The zero-order valence-corrected chi connectivity index (χ0v) is 19.1. The lowest BCUT2D eigenvalue weighted by atomic mass is 10.0. The second-order valence-electron chi connectivity index (χ2n) is 8.74. The molecule has 0 atom stereocenters. The van der Waals surface area contributed by atoms with Crippen LogP contribution >= 0.6 is 0 Å². The molecule has 4 rings (SSSR count). The van der Waals surface area contributed by atoms with Crippen LogP contribution in [0.4, 0.5) is 15.3 Å². The number of likely N-dealkylation sites (tertiary alicyclic amines) is 1. The molecule has 0 aromatic heterocycles. The number of piperidine rings is 1. The summed E-state index contributed by atoms with van der Waals surface area (Å²) in [7, 11) is 1.60. The molecule has 2 aliphatic heterocycles. The van der Waals surface area contributed by atoms with E-state index in [1.165, 1.54) is 11.1 Å². The third kappa shape index (κ3) is 4.82. The lowest BCUT2D eigenvalue weighted by Gasteiger charge is -2.36. The summed E-state index contributed by atoms with van der Waals surface area (Å²) in [5.74, 6) is 0.648. The number of amides is 4. The molecule has 4 amide bonds. The molecule has 0 bridgehead atoms.